The van der Waals surface area contributed by atoms with Crippen LogP contribution in [0.25, 0.3) is 0 Å². The summed E-state index contributed by atoms with van der Waals surface area (Å²) in [7, 11) is -1.75. The number of alkyl halides is 1. The van der Waals surface area contributed by atoms with Gasteiger partial charge in [0.25, 0.3) is 0 Å². The predicted molar refractivity (Wildman–Crippen MR) is 48.6 cm³/mol. The van der Waals surface area contributed by atoms with E-state index in [-0.39, 0.29) is 5.25 Å². The van der Waals surface area contributed by atoms with Crippen LogP contribution in [0.5, 0.6) is 0 Å². The van der Waals surface area contributed by atoms with Crippen molar-refractivity contribution in [3.8, 4) is 0 Å². The summed E-state index contributed by atoms with van der Waals surface area (Å²) >= 11 is 2.11. The van der Waals surface area contributed by atoms with Gasteiger partial charge in [-0.2, -0.15) is 3.89 Å². The highest BCUT2D eigenvalue weighted by molar-refractivity contribution is 14.1. The Balaban J connectivity index is 3.71. The summed E-state index contributed by atoms with van der Waals surface area (Å²) in [6.45, 7) is 3.88. The molecule has 52 valence electrons. The van der Waals surface area contributed by atoms with E-state index in [2.05, 4.69) is 22.6 Å². The van der Waals surface area contributed by atoms with Crippen LogP contribution in [0.4, 0.5) is 3.89 Å². The predicted octanol–water partition coefficient (Wildman–Crippen LogP) is 3.11. The van der Waals surface area contributed by atoms with Gasteiger partial charge < -0.3 is 0 Å². The molecule has 0 heterocycles. The molecule has 0 saturated carbocycles. The minimum absolute atomic E-state index is 0.222. The molecule has 0 amide bonds. The Bertz CT molecular complexity index is 72.8. The molecule has 0 nitrogen and oxygen atoms in total. The third kappa shape index (κ3) is 2.53. The summed E-state index contributed by atoms with van der Waals surface area (Å²) < 4.78 is 13.7. The first kappa shape index (κ1) is 9.01. The zero-order valence-electron chi connectivity index (χ0n) is 5.45. The van der Waals surface area contributed by atoms with Gasteiger partial charge in [0, 0.05) is 5.25 Å². The first-order valence-corrected chi connectivity index (χ1v) is 6.21. The summed E-state index contributed by atoms with van der Waals surface area (Å²) in [5, 5.41) is 0.222. The molecule has 0 fully saturated rings. The van der Waals surface area contributed by atoms with Gasteiger partial charge in [0.05, 0.1) is 3.76 Å². The molecule has 0 aromatic carbocycles. The molecule has 0 bridgehead atoms. The van der Waals surface area contributed by atoms with Crippen molar-refractivity contribution in [2.24, 2.45) is 0 Å². The Hall–Kier alpha value is 1.01. The first-order chi connectivity index (χ1) is 3.50. The number of hydrogen-bond acceptors (Lipinski definition) is 0. The van der Waals surface area contributed by atoms with E-state index in [1.807, 2.05) is 13.8 Å². The summed E-state index contributed by atoms with van der Waals surface area (Å²) in [5.41, 5.74) is 0. The van der Waals surface area contributed by atoms with Gasteiger partial charge in [-0.3, -0.25) is 0 Å². The molecule has 0 aromatic heterocycles. The van der Waals surface area contributed by atoms with Gasteiger partial charge in [-0.25, -0.2) is 0 Å². The largest absolute Gasteiger partial charge is 0.189 e. The molecule has 0 spiro atoms. The SMILES string of the molecule is CC(C)[S@@](C)(F)CI. The quantitative estimate of drug-likeness (QED) is 0.521. The molecule has 8 heavy (non-hydrogen) atoms. The fourth-order valence-electron chi connectivity index (χ4n) is 0.126. The molecule has 0 rings (SSSR count). The van der Waals surface area contributed by atoms with Crippen LogP contribution < -0.4 is 0 Å². The topological polar surface area (TPSA) is 0 Å². The number of rotatable bonds is 2. The van der Waals surface area contributed by atoms with E-state index < -0.39 is 10.4 Å². The average molecular weight is 250 g/mol. The minimum Gasteiger partial charge on any atom is -0.189 e. The Kier molecular flexibility index (Phi) is 3.66. The minimum atomic E-state index is -1.75. The average Bonchev–Trinajstić information content (AvgIpc) is 1.67. The maximum atomic E-state index is 13.0. The van der Waals surface area contributed by atoms with Crippen molar-refractivity contribution in [1.29, 1.82) is 0 Å². The van der Waals surface area contributed by atoms with Gasteiger partial charge in [-0.05, 0) is 6.26 Å². The molecule has 0 radical (unpaired) electrons. The van der Waals surface area contributed by atoms with Crippen LogP contribution in [-0.2, 0) is 0 Å². The molecular formula is C5H12FIS. The number of hydrogen-bond donors (Lipinski definition) is 0. The van der Waals surface area contributed by atoms with Gasteiger partial charge in [0.2, 0.25) is 0 Å². The Labute approximate surface area is 66.0 Å². The second-order valence-electron chi connectivity index (χ2n) is 2.20. The van der Waals surface area contributed by atoms with E-state index in [0.29, 0.717) is 3.76 Å². The fourth-order valence-corrected chi connectivity index (χ4v) is 2.54. The van der Waals surface area contributed by atoms with Gasteiger partial charge in [-0.15, -0.1) is 0 Å². The molecule has 0 unspecified atom stereocenters. The van der Waals surface area contributed by atoms with Crippen LogP contribution in [0.2, 0.25) is 0 Å². The van der Waals surface area contributed by atoms with Crippen LogP contribution in [0.3, 0.4) is 0 Å². The molecule has 3 heteroatoms. The number of halogens is 2. The third-order valence-electron chi connectivity index (χ3n) is 1.20. The summed E-state index contributed by atoms with van der Waals surface area (Å²) in [6, 6.07) is 0. The van der Waals surface area contributed by atoms with Crippen LogP contribution in [0.15, 0.2) is 0 Å². The van der Waals surface area contributed by atoms with Crippen molar-refractivity contribution in [3.05, 3.63) is 0 Å². The van der Waals surface area contributed by atoms with Crippen molar-refractivity contribution in [1.82, 2.24) is 0 Å². The molecule has 0 aliphatic heterocycles. The Morgan fingerprint density at radius 2 is 2.00 bits per heavy atom. The maximum absolute atomic E-state index is 13.0. The van der Waals surface area contributed by atoms with Crippen LogP contribution >= 0.6 is 33.0 Å². The van der Waals surface area contributed by atoms with Crippen LogP contribution in [0.1, 0.15) is 13.8 Å². The molecule has 0 N–H and O–H groups in total. The van der Waals surface area contributed by atoms with E-state index in [1.165, 1.54) is 0 Å². The summed E-state index contributed by atoms with van der Waals surface area (Å²) in [4.78, 5) is 0. The molecule has 0 saturated heterocycles. The van der Waals surface area contributed by atoms with Crippen molar-refractivity contribution >= 4 is 33.0 Å². The molecule has 0 aliphatic rings. The molecule has 0 aliphatic carbocycles. The van der Waals surface area contributed by atoms with Gasteiger partial charge in [0.1, 0.15) is 0 Å². The summed E-state index contributed by atoms with van der Waals surface area (Å²) in [6.07, 6.45) is 1.73. The van der Waals surface area contributed by atoms with Gasteiger partial charge in [0.15, 0.2) is 0 Å². The Morgan fingerprint density at radius 3 is 2.00 bits per heavy atom. The van der Waals surface area contributed by atoms with Crippen LogP contribution in [0, 0.1) is 0 Å². The zero-order chi connectivity index (χ0) is 6.78. The van der Waals surface area contributed by atoms with Crippen molar-refractivity contribution < 1.29 is 3.89 Å². The zero-order valence-corrected chi connectivity index (χ0v) is 8.42. The lowest BCUT2D eigenvalue weighted by Crippen LogP contribution is -2.04. The molecular weight excluding hydrogens is 238 g/mol. The van der Waals surface area contributed by atoms with E-state index in [9.17, 15) is 3.89 Å². The fraction of sp³-hybridized carbons (Fsp3) is 1.00. The standard InChI is InChI=1S/C5H12FIS/c1-5(2)8(3,6)4-7/h5H,4H2,1-3H3. The van der Waals surface area contributed by atoms with E-state index in [4.69, 9.17) is 0 Å². The van der Waals surface area contributed by atoms with Crippen LogP contribution in [-0.4, -0.2) is 15.3 Å². The molecule has 0 aromatic rings. The van der Waals surface area contributed by atoms with Gasteiger partial charge >= 0.3 is 0 Å². The lowest BCUT2D eigenvalue weighted by molar-refractivity contribution is 0.865. The Morgan fingerprint density at radius 1 is 1.62 bits per heavy atom. The third-order valence-corrected chi connectivity index (χ3v) is 7.24. The maximum Gasteiger partial charge on any atom is 0.0556 e. The monoisotopic (exact) mass is 250 g/mol. The van der Waals surface area contributed by atoms with Crippen molar-refractivity contribution in [2.75, 3.05) is 10.0 Å². The lowest BCUT2D eigenvalue weighted by Gasteiger charge is -2.27. The first-order valence-electron chi connectivity index (χ1n) is 2.51. The highest BCUT2D eigenvalue weighted by Crippen LogP contribution is 2.51. The molecule has 1 atom stereocenters. The summed E-state index contributed by atoms with van der Waals surface area (Å²) in [5.74, 6) is 0. The van der Waals surface area contributed by atoms with Gasteiger partial charge in [-0.1, -0.05) is 46.9 Å². The van der Waals surface area contributed by atoms with E-state index >= 15 is 0 Å². The van der Waals surface area contributed by atoms with E-state index in [0.717, 1.165) is 0 Å². The smallest absolute Gasteiger partial charge is 0.0556 e. The highest BCUT2D eigenvalue weighted by atomic mass is 127. The normalized spacial score (nSPS) is 18.8. The highest BCUT2D eigenvalue weighted by Gasteiger charge is 2.18. The lowest BCUT2D eigenvalue weighted by atomic mass is 10.6. The van der Waals surface area contributed by atoms with Crippen molar-refractivity contribution in [2.45, 2.75) is 19.1 Å². The van der Waals surface area contributed by atoms with E-state index in [1.54, 1.807) is 6.26 Å². The second-order valence-corrected chi connectivity index (χ2v) is 7.32. The second kappa shape index (κ2) is 3.25. The van der Waals surface area contributed by atoms with Crippen molar-refractivity contribution in [3.63, 3.8) is 0 Å².